The van der Waals surface area contributed by atoms with Crippen LogP contribution in [0.5, 0.6) is 0 Å². The molecule has 0 aliphatic rings. The number of hydrogen-bond acceptors (Lipinski definition) is 4. The van der Waals surface area contributed by atoms with Gasteiger partial charge in [0, 0.05) is 15.6 Å². The van der Waals surface area contributed by atoms with Crippen LogP contribution in [0, 0.1) is 0 Å². The van der Waals surface area contributed by atoms with E-state index in [1.54, 1.807) is 13.0 Å². The number of benzene rings is 1. The van der Waals surface area contributed by atoms with Crippen molar-refractivity contribution in [2.75, 3.05) is 6.61 Å². The number of hydrogen-bond donors (Lipinski definition) is 2. The van der Waals surface area contributed by atoms with Crippen LogP contribution in [0.2, 0.25) is 10.0 Å². The van der Waals surface area contributed by atoms with Crippen LogP contribution in [0.3, 0.4) is 0 Å². The van der Waals surface area contributed by atoms with Crippen LogP contribution in [-0.4, -0.2) is 23.7 Å². The van der Waals surface area contributed by atoms with Crippen molar-refractivity contribution in [3.8, 4) is 0 Å². The highest BCUT2D eigenvalue weighted by Gasteiger charge is 2.27. The fraction of sp³-hybridized carbons (Fsp3) is 0.364. The highest BCUT2D eigenvalue weighted by Crippen LogP contribution is 2.28. The molecule has 0 amide bonds. The zero-order valence-corrected chi connectivity index (χ0v) is 10.7. The maximum atomic E-state index is 11.4. The van der Waals surface area contributed by atoms with Crippen molar-refractivity contribution in [3.05, 3.63) is 33.8 Å². The molecule has 3 N–H and O–H groups in total. The number of carbonyl (C=O) groups excluding carboxylic acids is 1. The Balaban J connectivity index is 2.91. The Labute approximate surface area is 109 Å². The minimum atomic E-state index is -1.25. The molecule has 1 aromatic rings. The molecule has 0 saturated carbocycles. The monoisotopic (exact) mass is 277 g/mol. The summed E-state index contributed by atoms with van der Waals surface area (Å²) in [6, 6.07) is 3.38. The summed E-state index contributed by atoms with van der Waals surface area (Å²) in [7, 11) is 0. The molecule has 0 aromatic heterocycles. The second-order valence-electron chi connectivity index (χ2n) is 3.39. The van der Waals surface area contributed by atoms with Crippen molar-refractivity contribution >= 4 is 29.2 Å². The molecule has 0 saturated heterocycles. The average Bonchev–Trinajstić information content (AvgIpc) is 2.30. The van der Waals surface area contributed by atoms with E-state index in [1.165, 1.54) is 12.1 Å². The first kappa shape index (κ1) is 14.3. The van der Waals surface area contributed by atoms with Gasteiger partial charge in [0.1, 0.15) is 12.1 Å². The lowest BCUT2D eigenvalue weighted by Gasteiger charge is -2.18. The normalized spacial score (nSPS) is 14.2. The number of rotatable bonds is 4. The number of esters is 1. The molecule has 4 nitrogen and oxygen atoms in total. The van der Waals surface area contributed by atoms with Crippen molar-refractivity contribution in [2.24, 2.45) is 5.73 Å². The van der Waals surface area contributed by atoms with Gasteiger partial charge in [-0.25, -0.2) is 0 Å². The molecule has 6 heteroatoms. The summed E-state index contributed by atoms with van der Waals surface area (Å²) < 4.78 is 4.72. The molecule has 0 aliphatic carbocycles. The summed E-state index contributed by atoms with van der Waals surface area (Å²) in [6.45, 7) is 1.85. The van der Waals surface area contributed by atoms with Gasteiger partial charge in [-0.1, -0.05) is 23.2 Å². The van der Waals surface area contributed by atoms with E-state index in [4.69, 9.17) is 33.7 Å². The Hall–Kier alpha value is -0.810. The number of carbonyl (C=O) groups is 1. The third kappa shape index (κ3) is 3.57. The van der Waals surface area contributed by atoms with Gasteiger partial charge in [0.05, 0.1) is 6.61 Å². The Bertz CT molecular complexity index is 412. The molecule has 0 radical (unpaired) electrons. The molecule has 94 valence electrons. The smallest absolute Gasteiger partial charge is 0.325 e. The van der Waals surface area contributed by atoms with E-state index >= 15 is 0 Å². The Morgan fingerprint density at radius 3 is 2.76 bits per heavy atom. The van der Waals surface area contributed by atoms with Crippen molar-refractivity contribution in [2.45, 2.75) is 19.1 Å². The summed E-state index contributed by atoms with van der Waals surface area (Å²) in [5, 5.41) is 10.6. The summed E-state index contributed by atoms with van der Waals surface area (Å²) in [5.41, 5.74) is 5.88. The lowest BCUT2D eigenvalue weighted by atomic mass is 10.0. The van der Waals surface area contributed by atoms with Gasteiger partial charge in [-0.05, 0) is 25.1 Å². The lowest BCUT2D eigenvalue weighted by molar-refractivity contribution is -0.147. The van der Waals surface area contributed by atoms with Gasteiger partial charge in [-0.3, -0.25) is 4.79 Å². The topological polar surface area (TPSA) is 72.5 Å². The molecule has 0 spiro atoms. The van der Waals surface area contributed by atoms with Crippen molar-refractivity contribution in [1.82, 2.24) is 0 Å². The standard InChI is InChI=1S/C11H13Cl2NO3/c1-2-17-11(16)9(14)10(15)7-5-6(12)3-4-8(7)13/h3-5,9-10,15H,2,14H2,1H3. The van der Waals surface area contributed by atoms with Crippen molar-refractivity contribution in [1.29, 1.82) is 0 Å². The molecule has 2 unspecified atom stereocenters. The highest BCUT2D eigenvalue weighted by atomic mass is 35.5. The second kappa shape index (κ2) is 6.21. The first-order valence-electron chi connectivity index (χ1n) is 5.02. The van der Waals surface area contributed by atoms with Gasteiger partial charge in [-0.2, -0.15) is 0 Å². The third-order valence-corrected chi connectivity index (χ3v) is 2.75. The molecular weight excluding hydrogens is 265 g/mol. The van der Waals surface area contributed by atoms with Crippen LogP contribution >= 0.6 is 23.2 Å². The average molecular weight is 278 g/mol. The van der Waals surface area contributed by atoms with Gasteiger partial charge in [0.2, 0.25) is 0 Å². The second-order valence-corrected chi connectivity index (χ2v) is 4.23. The van der Waals surface area contributed by atoms with E-state index in [0.717, 1.165) is 0 Å². The fourth-order valence-corrected chi connectivity index (χ4v) is 1.71. The number of ether oxygens (including phenoxy) is 1. The minimum absolute atomic E-state index is 0.197. The lowest BCUT2D eigenvalue weighted by Crippen LogP contribution is -2.38. The minimum Gasteiger partial charge on any atom is -0.465 e. The highest BCUT2D eigenvalue weighted by molar-refractivity contribution is 6.33. The molecule has 0 bridgehead atoms. The Morgan fingerprint density at radius 1 is 1.53 bits per heavy atom. The maximum Gasteiger partial charge on any atom is 0.325 e. The van der Waals surface area contributed by atoms with E-state index in [1.807, 2.05) is 0 Å². The van der Waals surface area contributed by atoms with Gasteiger partial charge in [-0.15, -0.1) is 0 Å². The van der Waals surface area contributed by atoms with E-state index in [-0.39, 0.29) is 6.61 Å². The quantitative estimate of drug-likeness (QED) is 0.825. The summed E-state index contributed by atoms with van der Waals surface area (Å²) >= 11 is 11.7. The summed E-state index contributed by atoms with van der Waals surface area (Å²) in [4.78, 5) is 11.4. The Kier molecular flexibility index (Phi) is 5.21. The number of nitrogens with two attached hydrogens (primary N) is 1. The van der Waals surface area contributed by atoms with Crippen LogP contribution < -0.4 is 5.73 Å². The van der Waals surface area contributed by atoms with Crippen molar-refractivity contribution < 1.29 is 14.6 Å². The van der Waals surface area contributed by atoms with Crippen LogP contribution in [0.25, 0.3) is 0 Å². The van der Waals surface area contributed by atoms with Gasteiger partial charge < -0.3 is 15.6 Å². The number of aliphatic hydroxyl groups is 1. The van der Waals surface area contributed by atoms with E-state index in [0.29, 0.717) is 15.6 Å². The molecular formula is C11H13Cl2NO3. The van der Waals surface area contributed by atoms with Crippen LogP contribution in [0.15, 0.2) is 18.2 Å². The van der Waals surface area contributed by atoms with E-state index < -0.39 is 18.1 Å². The number of halogens is 2. The van der Waals surface area contributed by atoms with Crippen LogP contribution in [-0.2, 0) is 9.53 Å². The third-order valence-electron chi connectivity index (χ3n) is 2.18. The molecule has 2 atom stereocenters. The van der Waals surface area contributed by atoms with Crippen molar-refractivity contribution in [3.63, 3.8) is 0 Å². The van der Waals surface area contributed by atoms with E-state index in [9.17, 15) is 9.90 Å². The largest absolute Gasteiger partial charge is 0.465 e. The van der Waals surface area contributed by atoms with Gasteiger partial charge in [0.25, 0.3) is 0 Å². The molecule has 0 aliphatic heterocycles. The van der Waals surface area contributed by atoms with Crippen LogP contribution in [0.4, 0.5) is 0 Å². The van der Waals surface area contributed by atoms with E-state index in [2.05, 4.69) is 0 Å². The molecule has 17 heavy (non-hydrogen) atoms. The predicted octanol–water partition coefficient (Wildman–Crippen LogP) is 1.92. The van der Waals surface area contributed by atoms with Gasteiger partial charge >= 0.3 is 5.97 Å². The fourth-order valence-electron chi connectivity index (χ4n) is 1.30. The number of aliphatic hydroxyl groups excluding tert-OH is 1. The van der Waals surface area contributed by atoms with Gasteiger partial charge in [0.15, 0.2) is 0 Å². The molecule has 1 aromatic carbocycles. The first-order chi connectivity index (χ1) is 7.97. The summed E-state index contributed by atoms with van der Waals surface area (Å²) in [5.74, 6) is -0.684. The zero-order valence-electron chi connectivity index (χ0n) is 9.19. The molecule has 0 heterocycles. The Morgan fingerprint density at radius 2 is 2.18 bits per heavy atom. The van der Waals surface area contributed by atoms with Crippen LogP contribution in [0.1, 0.15) is 18.6 Å². The zero-order chi connectivity index (χ0) is 13.0. The maximum absolute atomic E-state index is 11.4. The SMILES string of the molecule is CCOC(=O)C(N)C(O)c1cc(Cl)ccc1Cl. The predicted molar refractivity (Wildman–Crippen MR) is 66.0 cm³/mol. The first-order valence-corrected chi connectivity index (χ1v) is 5.78. The summed E-state index contributed by atoms with van der Waals surface area (Å²) in [6.07, 6.45) is -1.25. The molecule has 0 fully saturated rings. The molecule has 1 rings (SSSR count).